The van der Waals surface area contributed by atoms with Crippen molar-refractivity contribution < 1.29 is 0 Å². The Labute approximate surface area is 105 Å². The van der Waals surface area contributed by atoms with E-state index in [9.17, 15) is 0 Å². The molecule has 0 spiro atoms. The van der Waals surface area contributed by atoms with E-state index in [0.717, 1.165) is 6.42 Å². The van der Waals surface area contributed by atoms with E-state index in [-0.39, 0.29) is 5.41 Å². The molecular weight excluding hydrogens is 204 g/mol. The second-order valence-electron chi connectivity index (χ2n) is 4.41. The summed E-state index contributed by atoms with van der Waals surface area (Å²) in [5, 5.41) is 0. The van der Waals surface area contributed by atoms with Gasteiger partial charge < -0.3 is 0 Å². The normalized spacial score (nSPS) is 15.9. The minimum atomic E-state index is 0.127. The first-order valence-corrected chi connectivity index (χ1v) is 6.25. The lowest BCUT2D eigenvalue weighted by molar-refractivity contribution is 0.572. The highest BCUT2D eigenvalue weighted by Gasteiger charge is 2.19. The average molecular weight is 226 g/mol. The fourth-order valence-corrected chi connectivity index (χ4v) is 1.74. The van der Waals surface area contributed by atoms with Crippen molar-refractivity contribution in [1.29, 1.82) is 0 Å². The van der Waals surface area contributed by atoms with Crippen LogP contribution in [-0.4, -0.2) is 0 Å². The van der Waals surface area contributed by atoms with Crippen molar-refractivity contribution in [2.75, 3.05) is 0 Å². The maximum atomic E-state index is 2.28. The molecule has 0 bridgehead atoms. The second-order valence-corrected chi connectivity index (χ2v) is 4.41. The third-order valence-corrected chi connectivity index (χ3v) is 3.16. The molecule has 90 valence electrons. The maximum Gasteiger partial charge on any atom is 0.0104 e. The summed E-state index contributed by atoms with van der Waals surface area (Å²) in [6.45, 7) is 6.53. The highest BCUT2D eigenvalue weighted by Crippen LogP contribution is 2.28. The van der Waals surface area contributed by atoms with Crippen LogP contribution >= 0.6 is 0 Å². The third-order valence-electron chi connectivity index (χ3n) is 3.16. The molecule has 0 heteroatoms. The topological polar surface area (TPSA) is 0 Å². The second kappa shape index (κ2) is 6.90. The predicted molar refractivity (Wildman–Crippen MR) is 77.2 cm³/mol. The Morgan fingerprint density at radius 3 is 2.24 bits per heavy atom. The van der Waals surface area contributed by atoms with Crippen molar-refractivity contribution in [2.45, 2.75) is 32.6 Å². The molecule has 0 aliphatic rings. The van der Waals surface area contributed by atoms with Gasteiger partial charge in [0.05, 0.1) is 0 Å². The van der Waals surface area contributed by atoms with Gasteiger partial charge in [0.25, 0.3) is 0 Å². The van der Waals surface area contributed by atoms with Crippen molar-refractivity contribution >= 4 is 0 Å². The van der Waals surface area contributed by atoms with E-state index in [1.54, 1.807) is 0 Å². The number of hydrogen-bond acceptors (Lipinski definition) is 0. The molecule has 0 N–H and O–H groups in total. The lowest BCUT2D eigenvalue weighted by Crippen LogP contribution is -2.17. The van der Waals surface area contributed by atoms with E-state index in [4.69, 9.17) is 0 Å². The van der Waals surface area contributed by atoms with Gasteiger partial charge in [-0.05, 0) is 18.9 Å². The van der Waals surface area contributed by atoms with Gasteiger partial charge in [-0.25, -0.2) is 0 Å². The van der Waals surface area contributed by atoms with Crippen molar-refractivity contribution in [3.8, 4) is 0 Å². The van der Waals surface area contributed by atoms with Crippen molar-refractivity contribution in [3.63, 3.8) is 0 Å². The van der Waals surface area contributed by atoms with E-state index in [1.807, 2.05) is 19.1 Å². The molecule has 0 nitrogen and oxygen atoms in total. The Bertz CT molecular complexity index is 395. The molecule has 0 saturated carbocycles. The summed E-state index contributed by atoms with van der Waals surface area (Å²) in [6, 6.07) is 10.7. The minimum absolute atomic E-state index is 0.127. The first-order valence-electron chi connectivity index (χ1n) is 6.25. The van der Waals surface area contributed by atoms with Gasteiger partial charge in [-0.3, -0.25) is 0 Å². The van der Waals surface area contributed by atoms with Crippen LogP contribution in [0.4, 0.5) is 0 Å². The van der Waals surface area contributed by atoms with Gasteiger partial charge in [0.1, 0.15) is 0 Å². The zero-order chi connectivity index (χ0) is 12.6. The number of rotatable bonds is 5. The number of allylic oxidation sites excluding steroid dienone is 6. The lowest BCUT2D eigenvalue weighted by Gasteiger charge is -2.24. The molecule has 1 unspecified atom stereocenters. The average Bonchev–Trinajstić information content (AvgIpc) is 2.39. The van der Waals surface area contributed by atoms with Crippen LogP contribution in [0.5, 0.6) is 0 Å². The molecule has 1 atom stereocenters. The predicted octanol–water partition coefficient (Wildman–Crippen LogP) is 5.04. The van der Waals surface area contributed by atoms with Crippen LogP contribution in [0.3, 0.4) is 0 Å². The Morgan fingerprint density at radius 1 is 1.00 bits per heavy atom. The molecule has 1 rings (SSSR count). The third kappa shape index (κ3) is 4.07. The molecule has 0 saturated heterocycles. The Morgan fingerprint density at radius 2 is 1.65 bits per heavy atom. The Kier molecular flexibility index (Phi) is 5.48. The molecule has 0 heterocycles. The zero-order valence-electron chi connectivity index (χ0n) is 11.1. The largest absolute Gasteiger partial charge is 0.0877 e. The first kappa shape index (κ1) is 13.5. The van der Waals surface area contributed by atoms with Gasteiger partial charge in [-0.1, -0.05) is 80.6 Å². The highest BCUT2D eigenvalue weighted by molar-refractivity contribution is 5.31. The van der Waals surface area contributed by atoms with Crippen LogP contribution in [0.25, 0.3) is 0 Å². The van der Waals surface area contributed by atoms with Crippen LogP contribution in [0.2, 0.25) is 0 Å². The minimum Gasteiger partial charge on any atom is -0.0877 e. The highest BCUT2D eigenvalue weighted by atomic mass is 14.2. The van der Waals surface area contributed by atoms with Gasteiger partial charge >= 0.3 is 0 Å². The fourth-order valence-electron chi connectivity index (χ4n) is 1.74. The standard InChI is InChI=1S/C17H22/c1-4-6-7-8-12-15-17(3,5-2)16-13-10-9-11-14-16/h4,6-15H,5H2,1-3H3/b6-4-,8-7-,15-12+. The summed E-state index contributed by atoms with van der Waals surface area (Å²) in [7, 11) is 0. The molecule has 0 aliphatic heterocycles. The Hall–Kier alpha value is -1.56. The summed E-state index contributed by atoms with van der Waals surface area (Å²) >= 11 is 0. The molecule has 1 aromatic rings. The van der Waals surface area contributed by atoms with E-state index in [0.29, 0.717) is 0 Å². The molecule has 0 amide bonds. The van der Waals surface area contributed by atoms with E-state index >= 15 is 0 Å². The first-order chi connectivity index (χ1) is 8.23. The van der Waals surface area contributed by atoms with Gasteiger partial charge in [-0.2, -0.15) is 0 Å². The van der Waals surface area contributed by atoms with Crippen molar-refractivity contribution in [2.24, 2.45) is 0 Å². The molecule has 0 aliphatic carbocycles. The maximum absolute atomic E-state index is 2.28. The van der Waals surface area contributed by atoms with Gasteiger partial charge in [0, 0.05) is 5.41 Å². The molecule has 0 radical (unpaired) electrons. The monoisotopic (exact) mass is 226 g/mol. The Balaban J connectivity index is 2.83. The van der Waals surface area contributed by atoms with Crippen LogP contribution in [0.1, 0.15) is 32.8 Å². The van der Waals surface area contributed by atoms with Gasteiger partial charge in [-0.15, -0.1) is 0 Å². The summed E-state index contributed by atoms with van der Waals surface area (Å²) in [5.41, 5.74) is 1.50. The smallest absolute Gasteiger partial charge is 0.0104 e. The van der Waals surface area contributed by atoms with Crippen LogP contribution in [0, 0.1) is 0 Å². The summed E-state index contributed by atoms with van der Waals surface area (Å²) < 4.78 is 0. The summed E-state index contributed by atoms with van der Waals surface area (Å²) in [6.07, 6.45) is 13.7. The molecule has 0 aromatic heterocycles. The van der Waals surface area contributed by atoms with Crippen molar-refractivity contribution in [3.05, 3.63) is 72.4 Å². The SMILES string of the molecule is C\C=C/C=C\C=C\C(C)(CC)c1ccccc1. The molecule has 0 fully saturated rings. The number of hydrogen-bond donors (Lipinski definition) is 0. The van der Waals surface area contributed by atoms with Crippen LogP contribution in [-0.2, 0) is 5.41 Å². The van der Waals surface area contributed by atoms with Crippen molar-refractivity contribution in [1.82, 2.24) is 0 Å². The zero-order valence-corrected chi connectivity index (χ0v) is 11.1. The summed E-state index contributed by atoms with van der Waals surface area (Å²) in [4.78, 5) is 0. The lowest BCUT2D eigenvalue weighted by atomic mass is 9.80. The quantitative estimate of drug-likeness (QED) is 0.617. The van der Waals surface area contributed by atoms with E-state index in [1.165, 1.54) is 5.56 Å². The van der Waals surface area contributed by atoms with Gasteiger partial charge in [0.2, 0.25) is 0 Å². The van der Waals surface area contributed by atoms with Gasteiger partial charge in [0.15, 0.2) is 0 Å². The van der Waals surface area contributed by atoms with Crippen LogP contribution < -0.4 is 0 Å². The van der Waals surface area contributed by atoms with E-state index < -0.39 is 0 Å². The van der Waals surface area contributed by atoms with Crippen LogP contribution in [0.15, 0.2) is 66.8 Å². The molecule has 17 heavy (non-hydrogen) atoms. The molecular formula is C17H22. The summed E-state index contributed by atoms with van der Waals surface area (Å²) in [5.74, 6) is 0. The van der Waals surface area contributed by atoms with E-state index in [2.05, 4.69) is 68.5 Å². The molecule has 1 aromatic carbocycles. The number of benzene rings is 1. The fraction of sp³-hybridized carbons (Fsp3) is 0.294.